The van der Waals surface area contributed by atoms with Gasteiger partial charge in [-0.15, -0.1) is 0 Å². The van der Waals surface area contributed by atoms with Crippen molar-refractivity contribution in [2.75, 3.05) is 39.5 Å². The maximum Gasteiger partial charge on any atom is 0.668 e. The highest BCUT2D eigenvalue weighted by molar-refractivity contribution is 6.46. The Kier molecular flexibility index (Phi) is 17.1. The minimum atomic E-state index is -4.61. The summed E-state index contributed by atoms with van der Waals surface area (Å²) in [6.07, 6.45) is 0. The van der Waals surface area contributed by atoms with Crippen LogP contribution in [-0.2, 0) is 0 Å². The van der Waals surface area contributed by atoms with Gasteiger partial charge in [-0.1, -0.05) is 0 Å². The van der Waals surface area contributed by atoms with Crippen LogP contribution >= 0.6 is 0 Å². The molecular formula is C6H22N2O7Si. The second kappa shape index (κ2) is 12.9. The smallest absolute Gasteiger partial charge is 0.395 e. The highest BCUT2D eigenvalue weighted by atomic mass is 28.4. The molecule has 0 rings (SSSR count). The molecular weight excluding hydrogens is 240 g/mol. The van der Waals surface area contributed by atoms with E-state index in [2.05, 4.69) is 0 Å². The molecule has 0 saturated carbocycles. The fourth-order valence-corrected chi connectivity index (χ4v) is 0.760. The average Bonchev–Trinajstić information content (AvgIpc) is 2.02. The van der Waals surface area contributed by atoms with Crippen LogP contribution in [0.1, 0.15) is 0 Å². The van der Waals surface area contributed by atoms with Crippen molar-refractivity contribution in [2.24, 2.45) is 0 Å². The Morgan fingerprint density at radius 2 is 0.875 bits per heavy atom. The Labute approximate surface area is 94.9 Å². The van der Waals surface area contributed by atoms with Crippen molar-refractivity contribution in [2.45, 2.75) is 0 Å². The molecule has 0 aromatic heterocycles. The first-order chi connectivity index (χ1) is 6.85. The lowest BCUT2D eigenvalue weighted by atomic mass is 10.4. The highest BCUT2D eigenvalue weighted by Gasteiger charge is 2.22. The number of aliphatic hydroxyl groups excluding tert-OH is 3. The van der Waals surface area contributed by atoms with E-state index in [9.17, 15) is 0 Å². The maximum absolute atomic E-state index is 8.48. The molecule has 10 N–H and O–H groups in total. The summed E-state index contributed by atoms with van der Waals surface area (Å²) in [5.41, 5.74) is 0. The minimum Gasteiger partial charge on any atom is -0.395 e. The summed E-state index contributed by atoms with van der Waals surface area (Å²) < 4.78 is 0. The third kappa shape index (κ3) is 29.2. The SMILES string of the molecule is N.OCCN(CCO)CCO.O[Si](O)(O)O. The van der Waals surface area contributed by atoms with Crippen molar-refractivity contribution in [1.82, 2.24) is 11.1 Å². The van der Waals surface area contributed by atoms with E-state index in [1.54, 1.807) is 4.90 Å². The van der Waals surface area contributed by atoms with Gasteiger partial charge in [-0.3, -0.25) is 4.90 Å². The summed E-state index contributed by atoms with van der Waals surface area (Å²) >= 11 is 0. The van der Waals surface area contributed by atoms with Crippen molar-refractivity contribution >= 4 is 9.05 Å². The molecule has 16 heavy (non-hydrogen) atoms. The largest absolute Gasteiger partial charge is 0.668 e. The molecule has 0 unspecified atom stereocenters. The molecule has 0 saturated heterocycles. The molecule has 0 aromatic rings. The number of aliphatic hydroxyl groups is 3. The molecule has 0 aliphatic rings. The van der Waals surface area contributed by atoms with Gasteiger partial charge in [0.1, 0.15) is 0 Å². The standard InChI is InChI=1S/C6H15NO3.H3N.H4O4Si/c8-4-1-7(2-5-9)3-6-10;;1-5(2,3)4/h8-10H,1-6H2;1H3;1-4H. The zero-order chi connectivity index (χ0) is 12.3. The molecule has 0 aromatic carbocycles. The molecule has 0 fully saturated rings. The van der Waals surface area contributed by atoms with E-state index in [1.807, 2.05) is 0 Å². The fourth-order valence-electron chi connectivity index (χ4n) is 0.760. The lowest BCUT2D eigenvalue weighted by Crippen LogP contribution is -2.33. The van der Waals surface area contributed by atoms with Gasteiger partial charge in [-0.05, 0) is 0 Å². The molecule has 9 nitrogen and oxygen atoms in total. The van der Waals surface area contributed by atoms with Crippen LogP contribution in [0.5, 0.6) is 0 Å². The van der Waals surface area contributed by atoms with E-state index in [1.165, 1.54) is 0 Å². The molecule has 102 valence electrons. The van der Waals surface area contributed by atoms with Gasteiger partial charge in [-0.25, -0.2) is 0 Å². The Hall–Kier alpha value is -0.143. The van der Waals surface area contributed by atoms with E-state index in [4.69, 9.17) is 34.5 Å². The molecule has 0 atom stereocenters. The molecule has 0 radical (unpaired) electrons. The van der Waals surface area contributed by atoms with E-state index >= 15 is 0 Å². The Balaban J connectivity index is -0.000000242. The predicted octanol–water partition coefficient (Wildman–Crippen LogP) is -4.18. The van der Waals surface area contributed by atoms with Crippen LogP contribution < -0.4 is 6.15 Å². The summed E-state index contributed by atoms with van der Waals surface area (Å²) in [5.74, 6) is 0. The van der Waals surface area contributed by atoms with Gasteiger partial charge in [0.05, 0.1) is 19.8 Å². The van der Waals surface area contributed by atoms with Gasteiger partial charge in [0.2, 0.25) is 0 Å². The van der Waals surface area contributed by atoms with Gasteiger partial charge in [0, 0.05) is 19.6 Å². The topological polar surface area (TPSA) is 180 Å². The van der Waals surface area contributed by atoms with Crippen LogP contribution in [-0.4, -0.2) is 87.9 Å². The molecule has 0 bridgehead atoms. The average molecular weight is 262 g/mol. The first-order valence-corrected chi connectivity index (χ1v) is 6.08. The summed E-state index contributed by atoms with van der Waals surface area (Å²) in [6.45, 7) is 1.75. The first-order valence-electron chi connectivity index (χ1n) is 4.29. The molecule has 0 heterocycles. The van der Waals surface area contributed by atoms with Gasteiger partial charge >= 0.3 is 9.05 Å². The number of rotatable bonds is 6. The number of nitrogens with zero attached hydrogens (tertiary/aromatic N) is 1. The van der Waals surface area contributed by atoms with Crippen LogP contribution in [0.25, 0.3) is 0 Å². The van der Waals surface area contributed by atoms with Gasteiger partial charge in [-0.2, -0.15) is 0 Å². The molecule has 0 aliphatic carbocycles. The Bertz CT molecular complexity index is 114. The van der Waals surface area contributed by atoms with Crippen LogP contribution in [0.2, 0.25) is 0 Å². The molecule has 0 aliphatic heterocycles. The van der Waals surface area contributed by atoms with Crippen LogP contribution in [0.4, 0.5) is 0 Å². The number of hydrogen-bond acceptors (Lipinski definition) is 9. The van der Waals surface area contributed by atoms with Gasteiger partial charge in [0.25, 0.3) is 0 Å². The maximum atomic E-state index is 8.48. The predicted molar refractivity (Wildman–Crippen MR) is 57.3 cm³/mol. The monoisotopic (exact) mass is 262 g/mol. The molecule has 0 amide bonds. The van der Waals surface area contributed by atoms with Gasteiger partial charge in [0.15, 0.2) is 0 Å². The summed E-state index contributed by atoms with van der Waals surface area (Å²) in [4.78, 5) is 31.1. The fraction of sp³-hybridized carbons (Fsp3) is 1.00. The van der Waals surface area contributed by atoms with Crippen LogP contribution in [0.15, 0.2) is 0 Å². The zero-order valence-corrected chi connectivity index (χ0v) is 10.0. The number of hydrogen-bond donors (Lipinski definition) is 8. The lowest BCUT2D eigenvalue weighted by molar-refractivity contribution is 0.117. The molecule has 10 heteroatoms. The van der Waals surface area contributed by atoms with Crippen molar-refractivity contribution in [3.63, 3.8) is 0 Å². The highest BCUT2D eigenvalue weighted by Crippen LogP contribution is 1.84. The first kappa shape index (κ1) is 21.2. The summed E-state index contributed by atoms with van der Waals surface area (Å²) in [6, 6.07) is 0. The summed E-state index contributed by atoms with van der Waals surface area (Å²) in [7, 11) is -4.61. The Morgan fingerprint density at radius 1 is 0.688 bits per heavy atom. The zero-order valence-electron chi connectivity index (χ0n) is 9.03. The van der Waals surface area contributed by atoms with Crippen LogP contribution in [0, 0.1) is 0 Å². The van der Waals surface area contributed by atoms with Crippen molar-refractivity contribution < 1.29 is 34.5 Å². The second-order valence-electron chi connectivity index (χ2n) is 2.61. The van der Waals surface area contributed by atoms with E-state index in [-0.39, 0.29) is 26.0 Å². The summed E-state index contributed by atoms with van der Waals surface area (Å²) in [5, 5.41) is 25.5. The third-order valence-electron chi connectivity index (χ3n) is 1.25. The normalized spacial score (nSPS) is 10.5. The van der Waals surface area contributed by atoms with Crippen molar-refractivity contribution in [1.29, 1.82) is 0 Å². The van der Waals surface area contributed by atoms with Crippen molar-refractivity contribution in [3.05, 3.63) is 0 Å². The molecule has 0 spiro atoms. The third-order valence-corrected chi connectivity index (χ3v) is 1.25. The van der Waals surface area contributed by atoms with Crippen molar-refractivity contribution in [3.8, 4) is 0 Å². The minimum absolute atomic E-state index is 0. The van der Waals surface area contributed by atoms with Crippen LogP contribution in [0.3, 0.4) is 0 Å². The van der Waals surface area contributed by atoms with Gasteiger partial charge < -0.3 is 40.7 Å². The Morgan fingerprint density at radius 3 is 1.00 bits per heavy atom. The van der Waals surface area contributed by atoms with E-state index in [0.717, 1.165) is 0 Å². The quantitative estimate of drug-likeness (QED) is 0.220. The second-order valence-corrected chi connectivity index (χ2v) is 3.81. The van der Waals surface area contributed by atoms with E-state index in [0.29, 0.717) is 19.6 Å². The lowest BCUT2D eigenvalue weighted by Gasteiger charge is -2.17. The van der Waals surface area contributed by atoms with E-state index < -0.39 is 9.05 Å².